The average molecular weight is 243 g/mol. The summed E-state index contributed by atoms with van der Waals surface area (Å²) in [5.74, 6) is 1.43. The molecule has 1 fully saturated rings. The van der Waals surface area contributed by atoms with Gasteiger partial charge >= 0.3 is 0 Å². The van der Waals surface area contributed by atoms with E-state index >= 15 is 0 Å². The molecule has 1 aromatic rings. The maximum atomic E-state index is 8.99. The summed E-state index contributed by atoms with van der Waals surface area (Å²) in [6, 6.07) is 8.24. The molecule has 3 N–H and O–H groups in total. The van der Waals surface area contributed by atoms with E-state index in [1.165, 1.54) is 19.3 Å². The number of hydrogen-bond acceptors (Lipinski definition) is 3. The van der Waals surface area contributed by atoms with Crippen LogP contribution >= 0.6 is 0 Å². The molecule has 1 aliphatic carbocycles. The molecule has 0 radical (unpaired) electrons. The molecule has 3 unspecified atom stereocenters. The van der Waals surface area contributed by atoms with Crippen molar-refractivity contribution in [3.05, 3.63) is 23.8 Å². The molecule has 0 heterocycles. The van der Waals surface area contributed by atoms with Crippen LogP contribution in [0, 0.1) is 23.2 Å². The van der Waals surface area contributed by atoms with Gasteiger partial charge in [0.1, 0.15) is 6.07 Å². The minimum atomic E-state index is 0.504. The van der Waals surface area contributed by atoms with E-state index in [1.807, 2.05) is 12.1 Å². The predicted molar refractivity (Wildman–Crippen MR) is 75.2 cm³/mol. The summed E-state index contributed by atoms with van der Waals surface area (Å²) in [6.07, 6.45) is 3.81. The van der Waals surface area contributed by atoms with E-state index in [1.54, 1.807) is 6.07 Å². The van der Waals surface area contributed by atoms with Crippen LogP contribution < -0.4 is 11.1 Å². The van der Waals surface area contributed by atoms with Gasteiger partial charge in [0.15, 0.2) is 0 Å². The molecule has 1 saturated carbocycles. The summed E-state index contributed by atoms with van der Waals surface area (Å²) in [6.45, 7) is 4.63. The van der Waals surface area contributed by atoms with Gasteiger partial charge in [0.25, 0.3) is 0 Å². The van der Waals surface area contributed by atoms with Crippen LogP contribution in [0.25, 0.3) is 0 Å². The van der Waals surface area contributed by atoms with Crippen molar-refractivity contribution in [3.8, 4) is 6.07 Å². The predicted octanol–water partition coefficient (Wildman–Crippen LogP) is 3.38. The fraction of sp³-hybridized carbons (Fsp3) is 0.533. The Balaban J connectivity index is 2.12. The number of anilines is 2. The van der Waals surface area contributed by atoms with Crippen LogP contribution in [-0.4, -0.2) is 6.04 Å². The van der Waals surface area contributed by atoms with Gasteiger partial charge in [-0.15, -0.1) is 0 Å². The Morgan fingerprint density at radius 2 is 2.11 bits per heavy atom. The zero-order valence-electron chi connectivity index (χ0n) is 11.1. The van der Waals surface area contributed by atoms with Crippen LogP contribution in [0.1, 0.15) is 38.7 Å². The zero-order valence-corrected chi connectivity index (χ0v) is 11.1. The van der Waals surface area contributed by atoms with Crippen LogP contribution in [0.5, 0.6) is 0 Å². The Labute approximate surface area is 109 Å². The lowest BCUT2D eigenvalue weighted by Gasteiger charge is -2.35. The number of nitrogen functional groups attached to an aromatic ring is 1. The first-order chi connectivity index (χ1) is 8.61. The Kier molecular flexibility index (Phi) is 3.76. The van der Waals surface area contributed by atoms with Crippen molar-refractivity contribution >= 4 is 11.4 Å². The first kappa shape index (κ1) is 12.8. The second kappa shape index (κ2) is 5.30. The van der Waals surface area contributed by atoms with Crippen molar-refractivity contribution in [3.63, 3.8) is 0 Å². The number of nitriles is 1. The van der Waals surface area contributed by atoms with Crippen molar-refractivity contribution in [2.75, 3.05) is 11.1 Å². The molecule has 0 aliphatic heterocycles. The number of nitrogens with one attached hydrogen (secondary N) is 1. The van der Waals surface area contributed by atoms with Crippen LogP contribution in [-0.2, 0) is 0 Å². The first-order valence-corrected chi connectivity index (χ1v) is 6.68. The fourth-order valence-corrected chi connectivity index (χ4v) is 2.74. The Morgan fingerprint density at radius 3 is 2.83 bits per heavy atom. The van der Waals surface area contributed by atoms with Gasteiger partial charge in [0.2, 0.25) is 0 Å². The highest BCUT2D eigenvalue weighted by Crippen LogP contribution is 2.32. The summed E-state index contributed by atoms with van der Waals surface area (Å²) >= 11 is 0. The number of rotatable bonds is 2. The highest BCUT2D eigenvalue weighted by Gasteiger charge is 2.26. The third-order valence-electron chi connectivity index (χ3n) is 4.23. The highest BCUT2D eigenvalue weighted by molar-refractivity contribution is 5.62. The molecule has 1 aliphatic rings. The molecule has 0 aromatic heterocycles. The van der Waals surface area contributed by atoms with Crippen molar-refractivity contribution < 1.29 is 0 Å². The first-order valence-electron chi connectivity index (χ1n) is 6.68. The summed E-state index contributed by atoms with van der Waals surface area (Å²) in [4.78, 5) is 0. The summed E-state index contributed by atoms with van der Waals surface area (Å²) in [5, 5.41) is 12.5. The maximum Gasteiger partial charge on any atom is 0.101 e. The fourth-order valence-electron chi connectivity index (χ4n) is 2.74. The number of nitrogens with two attached hydrogens (primary N) is 1. The SMILES string of the molecule is CC1CCCC(Nc2ccc(N)c(C#N)c2)C1C. The molecule has 96 valence electrons. The normalized spacial score (nSPS) is 27.5. The Bertz CT molecular complexity index is 461. The van der Waals surface area contributed by atoms with Gasteiger partial charge in [0.05, 0.1) is 5.56 Å². The maximum absolute atomic E-state index is 8.99. The van der Waals surface area contributed by atoms with E-state index in [2.05, 4.69) is 25.2 Å². The molecule has 0 spiro atoms. The van der Waals surface area contributed by atoms with Crippen LogP contribution in [0.2, 0.25) is 0 Å². The number of benzene rings is 1. The van der Waals surface area contributed by atoms with E-state index in [9.17, 15) is 0 Å². The van der Waals surface area contributed by atoms with Gasteiger partial charge in [0, 0.05) is 17.4 Å². The van der Waals surface area contributed by atoms with Gasteiger partial charge in [-0.1, -0.05) is 26.7 Å². The molecule has 1 aromatic carbocycles. The average Bonchev–Trinajstić information content (AvgIpc) is 2.37. The van der Waals surface area contributed by atoms with Gasteiger partial charge < -0.3 is 11.1 Å². The van der Waals surface area contributed by atoms with Crippen LogP contribution in [0.3, 0.4) is 0 Å². The van der Waals surface area contributed by atoms with E-state index < -0.39 is 0 Å². The topological polar surface area (TPSA) is 61.8 Å². The number of hydrogen-bond donors (Lipinski definition) is 2. The Hall–Kier alpha value is -1.69. The largest absolute Gasteiger partial charge is 0.398 e. The van der Waals surface area contributed by atoms with E-state index in [0.717, 1.165) is 11.6 Å². The van der Waals surface area contributed by atoms with Gasteiger partial charge in [-0.2, -0.15) is 5.26 Å². The van der Waals surface area contributed by atoms with Crippen molar-refractivity contribution in [1.29, 1.82) is 5.26 Å². The molecule has 0 saturated heterocycles. The molecular weight excluding hydrogens is 222 g/mol. The number of nitrogens with zero attached hydrogens (tertiary/aromatic N) is 1. The molecule has 3 nitrogen and oxygen atoms in total. The van der Waals surface area contributed by atoms with Crippen molar-refractivity contribution in [2.24, 2.45) is 11.8 Å². The lowest BCUT2D eigenvalue weighted by molar-refractivity contribution is 0.253. The summed E-state index contributed by atoms with van der Waals surface area (Å²) in [7, 11) is 0. The molecular formula is C15H21N3. The Morgan fingerprint density at radius 1 is 1.33 bits per heavy atom. The van der Waals surface area contributed by atoms with E-state index in [0.29, 0.717) is 23.2 Å². The second-order valence-electron chi connectivity index (χ2n) is 5.43. The summed E-state index contributed by atoms with van der Waals surface area (Å²) in [5.41, 5.74) is 7.84. The molecule has 0 amide bonds. The molecule has 0 bridgehead atoms. The van der Waals surface area contributed by atoms with E-state index in [4.69, 9.17) is 11.0 Å². The smallest absolute Gasteiger partial charge is 0.101 e. The van der Waals surface area contributed by atoms with E-state index in [-0.39, 0.29) is 0 Å². The quantitative estimate of drug-likeness (QED) is 0.783. The van der Waals surface area contributed by atoms with Crippen LogP contribution in [0.15, 0.2) is 18.2 Å². The van der Waals surface area contributed by atoms with Gasteiger partial charge in [-0.25, -0.2) is 0 Å². The van der Waals surface area contributed by atoms with Crippen LogP contribution in [0.4, 0.5) is 11.4 Å². The van der Waals surface area contributed by atoms with Crippen molar-refractivity contribution in [1.82, 2.24) is 0 Å². The third-order valence-corrected chi connectivity index (χ3v) is 4.23. The molecule has 18 heavy (non-hydrogen) atoms. The summed E-state index contributed by atoms with van der Waals surface area (Å²) < 4.78 is 0. The second-order valence-corrected chi connectivity index (χ2v) is 5.43. The molecule has 2 rings (SSSR count). The minimum absolute atomic E-state index is 0.504. The van der Waals surface area contributed by atoms with Gasteiger partial charge in [-0.05, 0) is 36.5 Å². The van der Waals surface area contributed by atoms with Crippen molar-refractivity contribution in [2.45, 2.75) is 39.2 Å². The zero-order chi connectivity index (χ0) is 13.1. The van der Waals surface area contributed by atoms with Gasteiger partial charge in [-0.3, -0.25) is 0 Å². The highest BCUT2D eigenvalue weighted by atomic mass is 14.9. The standard InChI is InChI=1S/C15H21N3/c1-10-4-3-5-15(11(10)2)18-13-6-7-14(17)12(8-13)9-16/h6-8,10-11,15,18H,3-5,17H2,1-2H3. The lowest BCUT2D eigenvalue weighted by atomic mass is 9.78. The molecule has 3 atom stereocenters. The lowest BCUT2D eigenvalue weighted by Crippen LogP contribution is -2.35. The molecule has 3 heteroatoms. The minimum Gasteiger partial charge on any atom is -0.398 e. The third kappa shape index (κ3) is 2.59. The monoisotopic (exact) mass is 243 g/mol.